The largest absolute Gasteiger partial charge is 0.379 e. The molecule has 0 amide bonds. The zero-order valence-corrected chi connectivity index (χ0v) is 17.2. The first kappa shape index (κ1) is 21.0. The van der Waals surface area contributed by atoms with Gasteiger partial charge in [-0.25, -0.2) is 4.99 Å². The molecular formula is C21H35N5O2. The number of benzene rings is 1. The van der Waals surface area contributed by atoms with Gasteiger partial charge in [0, 0.05) is 52.4 Å². The van der Waals surface area contributed by atoms with E-state index in [0.717, 1.165) is 84.7 Å². The Bertz CT molecular complexity index is 598. The molecule has 2 fully saturated rings. The van der Waals surface area contributed by atoms with Crippen molar-refractivity contribution in [2.24, 2.45) is 4.99 Å². The first-order valence-electron chi connectivity index (χ1n) is 10.5. The zero-order chi connectivity index (χ0) is 19.4. The topological polar surface area (TPSA) is 61.4 Å². The van der Waals surface area contributed by atoms with Gasteiger partial charge in [-0.2, -0.15) is 0 Å². The first-order chi connectivity index (χ1) is 13.8. The fourth-order valence-corrected chi connectivity index (χ4v) is 3.53. The Morgan fingerprint density at radius 3 is 2.25 bits per heavy atom. The number of nitrogens with one attached hydrogen (secondary N) is 2. The molecule has 156 valence electrons. The van der Waals surface area contributed by atoms with E-state index in [9.17, 15) is 0 Å². The Labute approximate surface area is 169 Å². The monoisotopic (exact) mass is 389 g/mol. The molecule has 2 heterocycles. The minimum Gasteiger partial charge on any atom is -0.379 e. The highest BCUT2D eigenvalue weighted by atomic mass is 16.5. The van der Waals surface area contributed by atoms with E-state index < -0.39 is 0 Å². The normalized spacial score (nSPS) is 19.5. The number of ether oxygens (including phenoxy) is 2. The van der Waals surface area contributed by atoms with Crippen LogP contribution in [-0.2, 0) is 22.6 Å². The lowest BCUT2D eigenvalue weighted by Crippen LogP contribution is -2.44. The van der Waals surface area contributed by atoms with Crippen molar-refractivity contribution in [3.63, 3.8) is 0 Å². The van der Waals surface area contributed by atoms with Crippen molar-refractivity contribution < 1.29 is 9.47 Å². The van der Waals surface area contributed by atoms with Gasteiger partial charge in [0.05, 0.1) is 33.0 Å². The van der Waals surface area contributed by atoms with Gasteiger partial charge in [0.15, 0.2) is 5.96 Å². The molecule has 0 atom stereocenters. The summed E-state index contributed by atoms with van der Waals surface area (Å²) in [7, 11) is 0. The summed E-state index contributed by atoms with van der Waals surface area (Å²) in [5.41, 5.74) is 2.65. The minimum atomic E-state index is 0.688. The lowest BCUT2D eigenvalue weighted by atomic mass is 10.1. The van der Waals surface area contributed by atoms with Crippen molar-refractivity contribution in [3.8, 4) is 0 Å². The molecule has 1 aromatic carbocycles. The van der Waals surface area contributed by atoms with Crippen LogP contribution in [0.4, 0.5) is 0 Å². The molecule has 2 aliphatic rings. The van der Waals surface area contributed by atoms with Gasteiger partial charge in [0.2, 0.25) is 0 Å². The molecule has 2 N–H and O–H groups in total. The molecule has 1 aromatic rings. The zero-order valence-electron chi connectivity index (χ0n) is 17.2. The van der Waals surface area contributed by atoms with Crippen LogP contribution >= 0.6 is 0 Å². The summed E-state index contributed by atoms with van der Waals surface area (Å²) < 4.78 is 10.9. The fourth-order valence-electron chi connectivity index (χ4n) is 3.53. The van der Waals surface area contributed by atoms with E-state index in [0.29, 0.717) is 6.54 Å². The molecule has 0 radical (unpaired) electrons. The smallest absolute Gasteiger partial charge is 0.191 e. The van der Waals surface area contributed by atoms with E-state index in [-0.39, 0.29) is 0 Å². The van der Waals surface area contributed by atoms with Gasteiger partial charge in [-0.3, -0.25) is 9.80 Å². The van der Waals surface area contributed by atoms with E-state index in [1.54, 1.807) is 0 Å². The molecular weight excluding hydrogens is 354 g/mol. The van der Waals surface area contributed by atoms with Crippen molar-refractivity contribution in [1.82, 2.24) is 20.4 Å². The van der Waals surface area contributed by atoms with Gasteiger partial charge in [-0.05, 0) is 18.1 Å². The van der Waals surface area contributed by atoms with Crippen molar-refractivity contribution >= 4 is 5.96 Å². The minimum absolute atomic E-state index is 0.688. The van der Waals surface area contributed by atoms with Crippen LogP contribution in [0.25, 0.3) is 0 Å². The van der Waals surface area contributed by atoms with Gasteiger partial charge in [0.25, 0.3) is 0 Å². The van der Waals surface area contributed by atoms with Crippen LogP contribution < -0.4 is 10.6 Å². The number of aliphatic imine (C=N–C) groups is 1. The second-order valence-corrected chi connectivity index (χ2v) is 7.23. The van der Waals surface area contributed by atoms with Crippen LogP contribution in [0.5, 0.6) is 0 Å². The molecule has 0 bridgehead atoms. The third-order valence-corrected chi connectivity index (χ3v) is 5.19. The summed E-state index contributed by atoms with van der Waals surface area (Å²) in [5, 5.41) is 6.83. The molecule has 0 aliphatic carbocycles. The average molecular weight is 390 g/mol. The fraction of sp³-hybridized carbons (Fsp3) is 0.667. The summed E-state index contributed by atoms with van der Waals surface area (Å²) in [6.45, 7) is 13.9. The van der Waals surface area contributed by atoms with Gasteiger partial charge < -0.3 is 20.1 Å². The molecule has 0 aromatic heterocycles. The van der Waals surface area contributed by atoms with Gasteiger partial charge in [-0.1, -0.05) is 24.3 Å². The third-order valence-electron chi connectivity index (χ3n) is 5.19. The Morgan fingerprint density at radius 1 is 0.929 bits per heavy atom. The summed E-state index contributed by atoms with van der Waals surface area (Å²) in [6, 6.07) is 8.64. The van der Waals surface area contributed by atoms with E-state index in [1.165, 1.54) is 11.1 Å². The maximum Gasteiger partial charge on any atom is 0.191 e. The molecule has 2 saturated heterocycles. The molecule has 3 rings (SSSR count). The van der Waals surface area contributed by atoms with Crippen LogP contribution in [0, 0.1) is 0 Å². The highest BCUT2D eigenvalue weighted by molar-refractivity contribution is 5.79. The molecule has 7 nitrogen and oxygen atoms in total. The Hall–Kier alpha value is -1.67. The van der Waals surface area contributed by atoms with Crippen molar-refractivity contribution in [2.45, 2.75) is 20.0 Å². The molecule has 0 unspecified atom stereocenters. The predicted molar refractivity (Wildman–Crippen MR) is 113 cm³/mol. The summed E-state index contributed by atoms with van der Waals surface area (Å²) in [6.07, 6.45) is 0. The van der Waals surface area contributed by atoms with Crippen molar-refractivity contribution in [2.75, 3.05) is 72.2 Å². The summed E-state index contributed by atoms with van der Waals surface area (Å²) in [5.74, 6) is 0.886. The van der Waals surface area contributed by atoms with E-state index in [2.05, 4.69) is 51.6 Å². The highest BCUT2D eigenvalue weighted by Gasteiger charge is 2.13. The van der Waals surface area contributed by atoms with Crippen LogP contribution in [-0.4, -0.2) is 88.0 Å². The van der Waals surface area contributed by atoms with E-state index >= 15 is 0 Å². The molecule has 0 spiro atoms. The molecule has 2 aliphatic heterocycles. The van der Waals surface area contributed by atoms with E-state index in [4.69, 9.17) is 14.5 Å². The first-order valence-corrected chi connectivity index (χ1v) is 10.5. The summed E-state index contributed by atoms with van der Waals surface area (Å²) >= 11 is 0. The van der Waals surface area contributed by atoms with Crippen molar-refractivity contribution in [3.05, 3.63) is 35.4 Å². The van der Waals surface area contributed by atoms with Gasteiger partial charge in [-0.15, -0.1) is 0 Å². The Balaban J connectivity index is 1.52. The average Bonchev–Trinajstić information content (AvgIpc) is 2.74. The SMILES string of the molecule is CCNC(=NCc1ccccc1CN1CCOCC1)NCCN1CCOCC1. The van der Waals surface area contributed by atoms with Crippen molar-refractivity contribution in [1.29, 1.82) is 0 Å². The van der Waals surface area contributed by atoms with Gasteiger partial charge in [0.1, 0.15) is 0 Å². The maximum atomic E-state index is 5.46. The van der Waals surface area contributed by atoms with Crippen LogP contribution in [0.15, 0.2) is 29.3 Å². The predicted octanol–water partition coefficient (Wildman–Crippen LogP) is 0.906. The molecule has 0 saturated carbocycles. The Kier molecular flexibility index (Phi) is 9.03. The number of nitrogens with zero attached hydrogens (tertiary/aromatic N) is 3. The molecule has 28 heavy (non-hydrogen) atoms. The lowest BCUT2D eigenvalue weighted by molar-refractivity contribution is 0.0341. The summed E-state index contributed by atoms with van der Waals surface area (Å²) in [4.78, 5) is 9.71. The quantitative estimate of drug-likeness (QED) is 0.509. The Morgan fingerprint density at radius 2 is 1.57 bits per heavy atom. The maximum absolute atomic E-state index is 5.46. The van der Waals surface area contributed by atoms with Crippen LogP contribution in [0.2, 0.25) is 0 Å². The lowest BCUT2D eigenvalue weighted by Gasteiger charge is -2.27. The second-order valence-electron chi connectivity index (χ2n) is 7.23. The standard InChI is InChI=1S/C21H35N5O2/c1-2-22-21(23-7-8-25-9-13-27-14-10-25)24-17-19-5-3-4-6-20(19)18-26-11-15-28-16-12-26/h3-6H,2,7-18H2,1H3,(H2,22,23,24). The van der Waals surface area contributed by atoms with Crippen LogP contribution in [0.3, 0.4) is 0 Å². The second kappa shape index (κ2) is 12.0. The van der Waals surface area contributed by atoms with Gasteiger partial charge >= 0.3 is 0 Å². The number of hydrogen-bond acceptors (Lipinski definition) is 5. The number of guanidine groups is 1. The third kappa shape index (κ3) is 7.05. The molecule has 7 heteroatoms. The highest BCUT2D eigenvalue weighted by Crippen LogP contribution is 2.14. The number of hydrogen-bond donors (Lipinski definition) is 2. The number of morpholine rings is 2. The van der Waals surface area contributed by atoms with Crippen LogP contribution in [0.1, 0.15) is 18.1 Å². The number of rotatable bonds is 8. The van der Waals surface area contributed by atoms with E-state index in [1.807, 2.05) is 0 Å².